The summed E-state index contributed by atoms with van der Waals surface area (Å²) in [5, 5.41) is 10.2. The van der Waals surface area contributed by atoms with Crippen molar-refractivity contribution >= 4 is 27.0 Å². The number of ether oxygens (including phenoxy) is 1. The van der Waals surface area contributed by atoms with E-state index in [0.29, 0.717) is 22.9 Å². The highest BCUT2D eigenvalue weighted by Gasteiger charge is 2.34. The molecule has 0 bridgehead atoms. The van der Waals surface area contributed by atoms with Crippen LogP contribution in [0, 0.1) is 13.8 Å². The highest BCUT2D eigenvalue weighted by atomic mass is 32.2. The normalized spacial score (nSPS) is 12.5. The Kier molecular flexibility index (Phi) is 6.03. The fourth-order valence-corrected chi connectivity index (χ4v) is 5.97. The van der Waals surface area contributed by atoms with Gasteiger partial charge in [0.25, 0.3) is 15.9 Å². The molecule has 1 atom stereocenters. The molecule has 0 amide bonds. The number of rotatable bonds is 7. The molecule has 0 unspecified atom stereocenters. The highest BCUT2D eigenvalue weighted by Crippen LogP contribution is 2.36. The van der Waals surface area contributed by atoms with Crippen molar-refractivity contribution in [3.05, 3.63) is 77.0 Å². The third kappa shape index (κ3) is 4.13. The maximum atomic E-state index is 13.9. The van der Waals surface area contributed by atoms with Gasteiger partial charge in [-0.2, -0.15) is 0 Å². The van der Waals surface area contributed by atoms with E-state index in [9.17, 15) is 8.42 Å². The molecule has 4 rings (SSSR count). The van der Waals surface area contributed by atoms with Gasteiger partial charge in [0.15, 0.2) is 0 Å². The first-order chi connectivity index (χ1) is 15.3. The summed E-state index contributed by atoms with van der Waals surface area (Å²) in [5.41, 5.74) is 1.98. The van der Waals surface area contributed by atoms with Crippen molar-refractivity contribution in [3.8, 4) is 16.5 Å². The van der Waals surface area contributed by atoms with E-state index >= 15 is 0 Å². The summed E-state index contributed by atoms with van der Waals surface area (Å²) in [5.74, 6) is 1.20. The predicted octanol–water partition coefficient (Wildman–Crippen LogP) is 5.38. The first-order valence-electron chi connectivity index (χ1n) is 9.94. The van der Waals surface area contributed by atoms with Crippen LogP contribution >= 0.6 is 11.3 Å². The molecule has 0 radical (unpaired) electrons. The Bertz CT molecular complexity index is 1310. The van der Waals surface area contributed by atoms with E-state index in [1.165, 1.54) is 15.6 Å². The summed E-state index contributed by atoms with van der Waals surface area (Å²) < 4.78 is 40.3. The standard InChI is InChI=1S/C23H23N3O4S2/c1-15-7-8-16(2)21(14-15)32(27,28)26(18-9-11-19(29-4)12-10-18)17(3)22-24-25-23(30-22)20-6-5-13-31-20/h5-14,17H,1-4H3/t17-/m1/s1. The van der Waals surface area contributed by atoms with Gasteiger partial charge < -0.3 is 9.15 Å². The Balaban J connectivity index is 1.83. The second-order valence-corrected chi connectivity index (χ2v) is 10.1. The molecule has 0 spiro atoms. The molecule has 7 nitrogen and oxygen atoms in total. The Labute approximate surface area is 191 Å². The summed E-state index contributed by atoms with van der Waals surface area (Å²) in [6.07, 6.45) is 0. The van der Waals surface area contributed by atoms with Gasteiger partial charge in [-0.05, 0) is 73.7 Å². The minimum absolute atomic E-state index is 0.207. The molecular weight excluding hydrogens is 446 g/mol. The van der Waals surface area contributed by atoms with Crippen LogP contribution in [-0.4, -0.2) is 25.7 Å². The van der Waals surface area contributed by atoms with Crippen molar-refractivity contribution in [2.75, 3.05) is 11.4 Å². The molecule has 0 fully saturated rings. The molecule has 2 aromatic heterocycles. The van der Waals surface area contributed by atoms with Gasteiger partial charge in [-0.3, -0.25) is 4.31 Å². The van der Waals surface area contributed by atoms with E-state index in [0.717, 1.165) is 10.4 Å². The maximum Gasteiger partial charge on any atom is 0.265 e. The van der Waals surface area contributed by atoms with Gasteiger partial charge in [-0.1, -0.05) is 18.2 Å². The lowest BCUT2D eigenvalue weighted by Crippen LogP contribution is -2.34. The molecule has 32 heavy (non-hydrogen) atoms. The lowest BCUT2D eigenvalue weighted by atomic mass is 10.2. The van der Waals surface area contributed by atoms with E-state index in [1.54, 1.807) is 57.4 Å². The molecule has 0 N–H and O–H groups in total. The molecule has 166 valence electrons. The number of anilines is 1. The van der Waals surface area contributed by atoms with Gasteiger partial charge in [0.2, 0.25) is 5.89 Å². The molecular formula is C23H23N3O4S2. The Morgan fingerprint density at radius 3 is 2.47 bits per heavy atom. The van der Waals surface area contributed by atoms with E-state index in [-0.39, 0.29) is 10.8 Å². The number of nitrogens with zero attached hydrogens (tertiary/aromatic N) is 3. The van der Waals surface area contributed by atoms with Crippen LogP contribution in [0.25, 0.3) is 10.8 Å². The van der Waals surface area contributed by atoms with Crippen LogP contribution in [0.1, 0.15) is 30.0 Å². The topological polar surface area (TPSA) is 85.5 Å². The average molecular weight is 470 g/mol. The van der Waals surface area contributed by atoms with Crippen LogP contribution < -0.4 is 9.04 Å². The van der Waals surface area contributed by atoms with Crippen molar-refractivity contribution in [3.63, 3.8) is 0 Å². The second kappa shape index (κ2) is 8.76. The highest BCUT2D eigenvalue weighted by molar-refractivity contribution is 7.92. The van der Waals surface area contributed by atoms with Crippen LogP contribution in [0.3, 0.4) is 0 Å². The van der Waals surface area contributed by atoms with Gasteiger partial charge >= 0.3 is 0 Å². The third-order valence-corrected chi connectivity index (χ3v) is 7.99. The van der Waals surface area contributed by atoms with Crippen LogP contribution in [-0.2, 0) is 10.0 Å². The lowest BCUT2D eigenvalue weighted by molar-refractivity contribution is 0.414. The number of hydrogen-bond acceptors (Lipinski definition) is 7. The number of sulfonamides is 1. The van der Waals surface area contributed by atoms with Crippen molar-refractivity contribution in [2.24, 2.45) is 0 Å². The minimum atomic E-state index is -3.95. The number of aromatic nitrogens is 2. The smallest absolute Gasteiger partial charge is 0.265 e. The van der Waals surface area contributed by atoms with Gasteiger partial charge in [0.1, 0.15) is 11.8 Å². The monoisotopic (exact) mass is 469 g/mol. The lowest BCUT2D eigenvalue weighted by Gasteiger charge is -2.29. The zero-order valence-corrected chi connectivity index (χ0v) is 19.8. The summed E-state index contributed by atoms with van der Waals surface area (Å²) in [6.45, 7) is 5.38. The quantitative estimate of drug-likeness (QED) is 0.361. The number of aryl methyl sites for hydroxylation is 2. The van der Waals surface area contributed by atoms with E-state index in [2.05, 4.69) is 10.2 Å². The van der Waals surface area contributed by atoms with Crippen LogP contribution in [0.5, 0.6) is 5.75 Å². The first-order valence-corrected chi connectivity index (χ1v) is 12.3. The number of thiophene rings is 1. The summed E-state index contributed by atoms with van der Waals surface area (Å²) in [7, 11) is -2.39. The first kappa shape index (κ1) is 22.0. The van der Waals surface area contributed by atoms with Gasteiger partial charge in [0.05, 0.1) is 22.6 Å². The number of benzene rings is 2. The predicted molar refractivity (Wildman–Crippen MR) is 125 cm³/mol. The van der Waals surface area contributed by atoms with Crippen molar-refractivity contribution in [1.82, 2.24) is 10.2 Å². The van der Waals surface area contributed by atoms with Crippen LogP contribution in [0.15, 0.2) is 69.3 Å². The molecule has 9 heteroatoms. The average Bonchev–Trinajstić information content (AvgIpc) is 3.48. The fraction of sp³-hybridized carbons (Fsp3) is 0.217. The van der Waals surface area contributed by atoms with Crippen LogP contribution in [0.4, 0.5) is 5.69 Å². The SMILES string of the molecule is COc1ccc(N([C@H](C)c2nnc(-c3cccs3)o2)S(=O)(=O)c2cc(C)ccc2C)cc1. The van der Waals surface area contributed by atoms with Crippen LogP contribution in [0.2, 0.25) is 0 Å². The third-order valence-electron chi connectivity index (χ3n) is 5.09. The molecule has 0 aliphatic heterocycles. The zero-order chi connectivity index (χ0) is 22.9. The summed E-state index contributed by atoms with van der Waals surface area (Å²) in [6, 6.07) is 15.2. The maximum absolute atomic E-state index is 13.9. The molecule has 0 aliphatic carbocycles. The van der Waals surface area contributed by atoms with Crippen molar-refractivity contribution < 1.29 is 17.6 Å². The van der Waals surface area contributed by atoms with E-state index < -0.39 is 16.1 Å². The molecule has 4 aromatic rings. The molecule has 0 aliphatic rings. The Morgan fingerprint density at radius 1 is 1.06 bits per heavy atom. The molecule has 2 heterocycles. The molecule has 0 saturated carbocycles. The second-order valence-electron chi connectivity index (χ2n) is 7.37. The minimum Gasteiger partial charge on any atom is -0.497 e. The Morgan fingerprint density at radius 2 is 1.81 bits per heavy atom. The summed E-state index contributed by atoms with van der Waals surface area (Å²) in [4.78, 5) is 1.06. The summed E-state index contributed by atoms with van der Waals surface area (Å²) >= 11 is 1.47. The van der Waals surface area contributed by atoms with Crippen molar-refractivity contribution in [1.29, 1.82) is 0 Å². The number of hydrogen-bond donors (Lipinski definition) is 0. The largest absolute Gasteiger partial charge is 0.497 e. The zero-order valence-electron chi connectivity index (χ0n) is 18.1. The van der Waals surface area contributed by atoms with E-state index in [1.807, 2.05) is 30.5 Å². The number of methoxy groups -OCH3 is 1. The fourth-order valence-electron chi connectivity index (χ4n) is 3.39. The molecule has 0 saturated heterocycles. The van der Waals surface area contributed by atoms with Gasteiger partial charge in [-0.25, -0.2) is 8.42 Å². The van der Waals surface area contributed by atoms with Gasteiger partial charge in [0, 0.05) is 0 Å². The van der Waals surface area contributed by atoms with Gasteiger partial charge in [-0.15, -0.1) is 21.5 Å². The van der Waals surface area contributed by atoms with Crippen molar-refractivity contribution in [2.45, 2.75) is 31.7 Å². The Hall–Kier alpha value is -3.17. The molecule has 2 aromatic carbocycles. The van der Waals surface area contributed by atoms with E-state index in [4.69, 9.17) is 9.15 Å².